The lowest BCUT2D eigenvalue weighted by Crippen LogP contribution is -2.18. The topological polar surface area (TPSA) is 81.2 Å². The van der Waals surface area contributed by atoms with Gasteiger partial charge in [-0.1, -0.05) is 4.98 Å². The molecule has 14 heavy (non-hydrogen) atoms. The van der Waals surface area contributed by atoms with Crippen LogP contribution >= 0.6 is 15.9 Å². The Hall–Kier alpha value is -1.02. The van der Waals surface area contributed by atoms with Gasteiger partial charge in [-0.25, -0.2) is 8.96 Å². The summed E-state index contributed by atoms with van der Waals surface area (Å²) in [6.45, 7) is -1.14. The second-order valence-corrected chi connectivity index (χ2v) is 3.39. The lowest BCUT2D eigenvalue weighted by molar-refractivity contribution is -0.397. The summed E-state index contributed by atoms with van der Waals surface area (Å²) in [5.74, 6) is -0.427. The van der Waals surface area contributed by atoms with Crippen LogP contribution in [0.4, 0.5) is 10.3 Å². The van der Waals surface area contributed by atoms with Crippen LogP contribution in [0.25, 0.3) is 0 Å². The number of nitro groups is 1. The lowest BCUT2D eigenvalue weighted by atomic mass is 10.4. The van der Waals surface area contributed by atoms with Crippen LogP contribution in [0.5, 0.6) is 0 Å². The second-order valence-electron chi connectivity index (χ2n) is 2.58. The van der Waals surface area contributed by atoms with Crippen molar-refractivity contribution in [3.05, 3.63) is 20.9 Å². The molecule has 0 fully saturated rings. The predicted molar refractivity (Wildman–Crippen MR) is 48.6 cm³/mol. The van der Waals surface area contributed by atoms with Crippen molar-refractivity contribution in [3.8, 4) is 0 Å². The molecule has 0 saturated heterocycles. The Kier molecular flexibility index (Phi) is 3.53. The number of aromatic nitrogens is 2. The SMILES string of the molecule is O=[N+]([O-])c1nc(Br)cn1CC(O)C[18F]. The third kappa shape index (κ3) is 2.48. The molecule has 0 radical (unpaired) electrons. The Labute approximate surface area is 86.6 Å². The number of imidazole rings is 1. The standard InChI is InChI=1S/C6H7BrFN3O3/c7-5-3-10(2-4(12)1-8)6(9-5)11(13)14/h3-4,12H,1-2H2/i8-1. The zero-order valence-electron chi connectivity index (χ0n) is 6.93. The number of nitrogens with zero attached hydrogens (tertiary/aromatic N) is 3. The minimum Gasteiger partial charge on any atom is -0.390 e. The van der Waals surface area contributed by atoms with Crippen LogP contribution in [-0.4, -0.2) is 32.4 Å². The van der Waals surface area contributed by atoms with Crippen molar-refractivity contribution in [2.45, 2.75) is 12.6 Å². The normalized spacial score (nSPS) is 12.8. The first-order chi connectivity index (χ1) is 6.54. The average Bonchev–Trinajstić information content (AvgIpc) is 2.46. The molecular weight excluding hydrogens is 260 g/mol. The Morgan fingerprint density at radius 1 is 1.86 bits per heavy atom. The zero-order valence-corrected chi connectivity index (χ0v) is 8.52. The molecule has 1 aromatic heterocycles. The smallest absolute Gasteiger partial charge is 0.390 e. The Balaban J connectivity index is 2.89. The summed E-state index contributed by atoms with van der Waals surface area (Å²) in [6, 6.07) is 0. The van der Waals surface area contributed by atoms with E-state index >= 15 is 0 Å². The number of aliphatic hydroxyl groups excluding tert-OH is 1. The summed E-state index contributed by atoms with van der Waals surface area (Å²) in [5, 5.41) is 19.4. The molecule has 0 aliphatic carbocycles. The van der Waals surface area contributed by atoms with E-state index in [1.165, 1.54) is 6.20 Å². The Morgan fingerprint density at radius 2 is 2.50 bits per heavy atom. The van der Waals surface area contributed by atoms with Gasteiger partial charge in [0.25, 0.3) is 0 Å². The van der Waals surface area contributed by atoms with Gasteiger partial charge in [0.1, 0.15) is 25.5 Å². The third-order valence-electron chi connectivity index (χ3n) is 1.47. The van der Waals surface area contributed by atoms with Crippen molar-refractivity contribution in [3.63, 3.8) is 0 Å². The number of halogens is 2. The van der Waals surface area contributed by atoms with Crippen LogP contribution in [0, 0.1) is 10.1 Å². The van der Waals surface area contributed by atoms with Gasteiger partial charge >= 0.3 is 5.95 Å². The number of alkyl halides is 1. The summed E-state index contributed by atoms with van der Waals surface area (Å²) in [6.07, 6.45) is 0.0617. The summed E-state index contributed by atoms with van der Waals surface area (Å²) in [4.78, 5) is 13.3. The summed E-state index contributed by atoms with van der Waals surface area (Å²) < 4.78 is 13.3. The van der Waals surface area contributed by atoms with Gasteiger partial charge < -0.3 is 15.2 Å². The van der Waals surface area contributed by atoms with Crippen molar-refractivity contribution in [2.75, 3.05) is 6.67 Å². The van der Waals surface area contributed by atoms with E-state index in [4.69, 9.17) is 5.11 Å². The Bertz CT molecular complexity index is 343. The minimum absolute atomic E-state index is 0.189. The molecule has 6 nitrogen and oxygen atoms in total. The summed E-state index contributed by atoms with van der Waals surface area (Å²) in [5.41, 5.74) is 0. The van der Waals surface area contributed by atoms with Crippen molar-refractivity contribution < 1.29 is 14.4 Å². The van der Waals surface area contributed by atoms with E-state index < -0.39 is 23.7 Å². The highest BCUT2D eigenvalue weighted by Crippen LogP contribution is 2.16. The highest BCUT2D eigenvalue weighted by molar-refractivity contribution is 9.10. The molecule has 1 N–H and O–H groups in total. The quantitative estimate of drug-likeness (QED) is 0.648. The molecule has 0 aliphatic rings. The van der Waals surface area contributed by atoms with Crippen molar-refractivity contribution in [1.29, 1.82) is 0 Å². The number of aliphatic hydroxyl groups is 1. The maximum Gasteiger partial charge on any atom is 0.435 e. The molecule has 8 heteroatoms. The van der Waals surface area contributed by atoms with Crippen LogP contribution in [0.15, 0.2) is 10.8 Å². The molecule has 1 atom stereocenters. The van der Waals surface area contributed by atoms with E-state index in [1.807, 2.05) is 0 Å². The van der Waals surface area contributed by atoms with E-state index in [2.05, 4.69) is 20.9 Å². The van der Waals surface area contributed by atoms with Crippen LogP contribution in [0.3, 0.4) is 0 Å². The lowest BCUT2D eigenvalue weighted by Gasteiger charge is -2.04. The fourth-order valence-corrected chi connectivity index (χ4v) is 1.34. The first-order valence-electron chi connectivity index (χ1n) is 3.65. The highest BCUT2D eigenvalue weighted by Gasteiger charge is 2.20. The van der Waals surface area contributed by atoms with Crippen LogP contribution in [0.2, 0.25) is 0 Å². The van der Waals surface area contributed by atoms with Crippen LogP contribution < -0.4 is 0 Å². The molecule has 1 heterocycles. The van der Waals surface area contributed by atoms with Crippen LogP contribution in [-0.2, 0) is 6.54 Å². The number of hydrogen-bond acceptors (Lipinski definition) is 4. The van der Waals surface area contributed by atoms with Gasteiger partial charge in [-0.15, -0.1) is 0 Å². The van der Waals surface area contributed by atoms with Crippen molar-refractivity contribution in [2.24, 2.45) is 0 Å². The molecule has 0 bridgehead atoms. The van der Waals surface area contributed by atoms with Gasteiger partial charge in [0.05, 0.1) is 0 Å². The molecule has 1 unspecified atom stereocenters. The van der Waals surface area contributed by atoms with E-state index in [1.54, 1.807) is 0 Å². The molecule has 0 spiro atoms. The minimum atomic E-state index is -1.25. The molecule has 1 aromatic rings. The van der Waals surface area contributed by atoms with E-state index in [0.29, 0.717) is 0 Å². The van der Waals surface area contributed by atoms with E-state index in [0.717, 1.165) is 4.57 Å². The first kappa shape index (κ1) is 11.1. The van der Waals surface area contributed by atoms with E-state index in [9.17, 15) is 14.5 Å². The zero-order chi connectivity index (χ0) is 10.7. The van der Waals surface area contributed by atoms with Gasteiger partial charge in [-0.3, -0.25) is 0 Å². The second kappa shape index (κ2) is 4.47. The van der Waals surface area contributed by atoms with Gasteiger partial charge in [0.2, 0.25) is 4.60 Å². The fourth-order valence-electron chi connectivity index (χ4n) is 0.931. The molecule has 1 rings (SSSR count). The van der Waals surface area contributed by atoms with Gasteiger partial charge in [-0.05, 0) is 20.9 Å². The third-order valence-corrected chi connectivity index (χ3v) is 1.86. The molecule has 0 aromatic carbocycles. The molecule has 0 amide bonds. The van der Waals surface area contributed by atoms with Crippen molar-refractivity contribution >= 4 is 21.9 Å². The van der Waals surface area contributed by atoms with Gasteiger partial charge in [0.15, 0.2) is 0 Å². The summed E-state index contributed by atoms with van der Waals surface area (Å²) in [7, 11) is 0. The largest absolute Gasteiger partial charge is 0.435 e. The van der Waals surface area contributed by atoms with Crippen molar-refractivity contribution in [1.82, 2.24) is 9.55 Å². The van der Waals surface area contributed by atoms with Gasteiger partial charge in [0, 0.05) is 0 Å². The Morgan fingerprint density at radius 3 is 3.00 bits per heavy atom. The summed E-state index contributed by atoms with van der Waals surface area (Å²) >= 11 is 2.95. The maximum atomic E-state index is 11.9. The van der Waals surface area contributed by atoms with Crippen LogP contribution in [0.1, 0.15) is 0 Å². The van der Waals surface area contributed by atoms with Gasteiger partial charge in [-0.2, -0.15) is 0 Å². The highest BCUT2D eigenvalue weighted by atomic mass is 79.9. The number of rotatable bonds is 4. The molecule has 0 aliphatic heterocycles. The first-order valence-corrected chi connectivity index (χ1v) is 4.45. The average molecular weight is 267 g/mol. The number of hydrogen-bond donors (Lipinski definition) is 1. The fraction of sp³-hybridized carbons (Fsp3) is 0.500. The maximum absolute atomic E-state index is 11.9. The molecule has 0 saturated carbocycles. The predicted octanol–water partition coefficient (Wildman–Crippen LogP) is 0.884. The monoisotopic (exact) mass is 266 g/mol. The molecular formula is C6H7BrFN3O3. The molecule has 78 valence electrons. The van der Waals surface area contributed by atoms with E-state index in [-0.39, 0.29) is 11.1 Å².